The van der Waals surface area contributed by atoms with Gasteiger partial charge < -0.3 is 15.2 Å². The van der Waals surface area contributed by atoms with E-state index in [9.17, 15) is 4.79 Å². The van der Waals surface area contributed by atoms with Gasteiger partial charge in [-0.2, -0.15) is 0 Å². The molecule has 0 spiro atoms. The minimum atomic E-state index is -0.960. The van der Waals surface area contributed by atoms with Crippen molar-refractivity contribution in [1.29, 1.82) is 0 Å². The first-order valence-corrected chi connectivity index (χ1v) is 3.06. The van der Waals surface area contributed by atoms with Crippen LogP contribution in [0.3, 0.4) is 0 Å². The monoisotopic (exact) mass is 143 g/mol. The van der Waals surface area contributed by atoms with Gasteiger partial charge in [-0.15, -0.1) is 0 Å². The molecule has 0 saturated carbocycles. The molecule has 0 atom stereocenters. The average Bonchev–Trinajstić information content (AvgIpc) is 1.88. The summed E-state index contributed by atoms with van der Waals surface area (Å²) in [6.45, 7) is 1.86. The minimum absolute atomic E-state index is 0.499. The van der Waals surface area contributed by atoms with Crippen LogP contribution in [0.25, 0.3) is 0 Å². The van der Waals surface area contributed by atoms with Crippen molar-refractivity contribution in [2.75, 3.05) is 19.7 Å². The fourth-order valence-corrected chi connectivity index (χ4v) is 0.747. The highest BCUT2D eigenvalue weighted by atomic mass is 16.5. The van der Waals surface area contributed by atoms with Crippen molar-refractivity contribution < 1.29 is 14.6 Å². The normalized spacial score (nSPS) is 22.2. The Bertz CT molecular complexity index is 156. The van der Waals surface area contributed by atoms with Crippen LogP contribution >= 0.6 is 0 Å². The Hall–Kier alpha value is -1.03. The Morgan fingerprint density at radius 3 is 3.10 bits per heavy atom. The quantitative estimate of drug-likeness (QED) is 0.489. The Balaban J connectivity index is 2.45. The molecule has 0 aliphatic carbocycles. The first-order valence-electron chi connectivity index (χ1n) is 3.06. The van der Waals surface area contributed by atoms with E-state index < -0.39 is 5.97 Å². The largest absolute Gasteiger partial charge is 0.495 e. The molecule has 0 aromatic heterocycles. The zero-order valence-electron chi connectivity index (χ0n) is 5.46. The molecule has 1 rings (SSSR count). The second kappa shape index (κ2) is 3.22. The van der Waals surface area contributed by atoms with Crippen molar-refractivity contribution in [3.63, 3.8) is 0 Å². The van der Waals surface area contributed by atoms with Crippen LogP contribution in [0.15, 0.2) is 11.8 Å². The molecule has 0 aromatic rings. The molecule has 4 heteroatoms. The van der Waals surface area contributed by atoms with Gasteiger partial charge in [0.2, 0.25) is 0 Å². The summed E-state index contributed by atoms with van der Waals surface area (Å²) in [6.07, 6.45) is 1.08. The van der Waals surface area contributed by atoms with Gasteiger partial charge in [0.1, 0.15) is 12.4 Å². The maximum atomic E-state index is 10.1. The van der Waals surface area contributed by atoms with Gasteiger partial charge in [-0.05, 0) is 0 Å². The Morgan fingerprint density at radius 1 is 1.80 bits per heavy atom. The van der Waals surface area contributed by atoms with Gasteiger partial charge in [0, 0.05) is 6.54 Å². The third-order valence-corrected chi connectivity index (χ3v) is 1.15. The standard InChI is InChI=1S/C6H9NO3/c8-6(9)3-5-4-7-1-2-10-5/h3,7H,1-2,4H2,(H,8,9)/b5-3+. The number of hydrogen-bond acceptors (Lipinski definition) is 3. The SMILES string of the molecule is O=C(O)/C=C1\CNCCO1. The molecule has 0 unspecified atom stereocenters. The second-order valence-corrected chi connectivity index (χ2v) is 1.97. The summed E-state index contributed by atoms with van der Waals surface area (Å²) >= 11 is 0. The van der Waals surface area contributed by atoms with E-state index in [1.165, 1.54) is 0 Å². The number of carboxylic acids is 1. The van der Waals surface area contributed by atoms with Crippen LogP contribution in [0.2, 0.25) is 0 Å². The maximum Gasteiger partial charge on any atom is 0.331 e. The molecule has 1 saturated heterocycles. The minimum Gasteiger partial charge on any atom is -0.495 e. The third-order valence-electron chi connectivity index (χ3n) is 1.15. The lowest BCUT2D eigenvalue weighted by atomic mass is 10.4. The predicted molar refractivity (Wildman–Crippen MR) is 34.5 cm³/mol. The van der Waals surface area contributed by atoms with Gasteiger partial charge in [-0.25, -0.2) is 4.79 Å². The van der Waals surface area contributed by atoms with Gasteiger partial charge in [0.25, 0.3) is 0 Å². The van der Waals surface area contributed by atoms with E-state index in [1.54, 1.807) is 0 Å². The van der Waals surface area contributed by atoms with Crippen LogP contribution in [0, 0.1) is 0 Å². The number of carboxylic acid groups (broad SMARTS) is 1. The van der Waals surface area contributed by atoms with Crippen molar-refractivity contribution in [2.24, 2.45) is 0 Å². The molecule has 10 heavy (non-hydrogen) atoms. The molecule has 4 nitrogen and oxygen atoms in total. The molecule has 0 bridgehead atoms. The molecule has 1 aliphatic rings. The summed E-state index contributed by atoms with van der Waals surface area (Å²) in [6, 6.07) is 0. The lowest BCUT2D eigenvalue weighted by molar-refractivity contribution is -0.131. The molecule has 56 valence electrons. The lowest BCUT2D eigenvalue weighted by Crippen LogP contribution is -2.29. The summed E-state index contributed by atoms with van der Waals surface area (Å²) in [5, 5.41) is 11.3. The number of morpholine rings is 1. The molecule has 0 radical (unpaired) electrons. The van der Waals surface area contributed by atoms with E-state index in [0.717, 1.165) is 12.6 Å². The summed E-state index contributed by atoms with van der Waals surface area (Å²) in [4.78, 5) is 10.1. The topological polar surface area (TPSA) is 58.6 Å². The van der Waals surface area contributed by atoms with E-state index in [-0.39, 0.29) is 0 Å². The number of nitrogens with one attached hydrogen (secondary N) is 1. The van der Waals surface area contributed by atoms with Gasteiger partial charge in [-0.3, -0.25) is 0 Å². The van der Waals surface area contributed by atoms with Gasteiger partial charge in [0.15, 0.2) is 0 Å². The van der Waals surface area contributed by atoms with Crippen LogP contribution in [0.5, 0.6) is 0 Å². The van der Waals surface area contributed by atoms with Crippen molar-refractivity contribution in [1.82, 2.24) is 5.32 Å². The van der Waals surface area contributed by atoms with E-state index in [0.29, 0.717) is 18.9 Å². The Labute approximate surface area is 58.5 Å². The zero-order chi connectivity index (χ0) is 7.40. The van der Waals surface area contributed by atoms with Crippen LogP contribution in [0.1, 0.15) is 0 Å². The van der Waals surface area contributed by atoms with E-state index in [2.05, 4.69) is 5.32 Å². The average molecular weight is 143 g/mol. The van der Waals surface area contributed by atoms with Crippen LogP contribution in [-0.4, -0.2) is 30.8 Å². The molecule has 0 aromatic carbocycles. The molecular weight excluding hydrogens is 134 g/mol. The van der Waals surface area contributed by atoms with Crippen molar-refractivity contribution in [2.45, 2.75) is 0 Å². The molecule has 1 fully saturated rings. The number of rotatable bonds is 1. The third kappa shape index (κ3) is 2.06. The maximum absolute atomic E-state index is 10.1. The summed E-state index contributed by atoms with van der Waals surface area (Å²) in [5.74, 6) is -0.461. The van der Waals surface area contributed by atoms with Gasteiger partial charge in [-0.1, -0.05) is 0 Å². The van der Waals surface area contributed by atoms with Crippen LogP contribution in [0.4, 0.5) is 0 Å². The zero-order valence-corrected chi connectivity index (χ0v) is 5.46. The van der Waals surface area contributed by atoms with E-state index >= 15 is 0 Å². The van der Waals surface area contributed by atoms with Crippen molar-refractivity contribution in [3.05, 3.63) is 11.8 Å². The number of hydrogen-bond donors (Lipinski definition) is 2. The molecule has 1 heterocycles. The lowest BCUT2D eigenvalue weighted by Gasteiger charge is -2.16. The summed E-state index contributed by atoms with van der Waals surface area (Å²) in [5.41, 5.74) is 0. The van der Waals surface area contributed by atoms with Crippen molar-refractivity contribution >= 4 is 5.97 Å². The Morgan fingerprint density at radius 2 is 2.60 bits per heavy atom. The second-order valence-electron chi connectivity index (χ2n) is 1.97. The highest BCUT2D eigenvalue weighted by Gasteiger charge is 2.05. The van der Waals surface area contributed by atoms with Gasteiger partial charge >= 0.3 is 5.97 Å². The van der Waals surface area contributed by atoms with E-state index in [4.69, 9.17) is 9.84 Å². The number of aliphatic carboxylic acids is 1. The number of carbonyl (C=O) groups is 1. The fraction of sp³-hybridized carbons (Fsp3) is 0.500. The molecular formula is C6H9NO3. The van der Waals surface area contributed by atoms with E-state index in [1.807, 2.05) is 0 Å². The Kier molecular flexibility index (Phi) is 2.28. The first kappa shape index (κ1) is 7.08. The van der Waals surface area contributed by atoms with Crippen LogP contribution in [-0.2, 0) is 9.53 Å². The summed E-state index contributed by atoms with van der Waals surface area (Å²) < 4.78 is 5.01. The van der Waals surface area contributed by atoms with Crippen molar-refractivity contribution in [3.8, 4) is 0 Å². The highest BCUT2D eigenvalue weighted by Crippen LogP contribution is 1.98. The fourth-order valence-electron chi connectivity index (χ4n) is 0.747. The number of ether oxygens (including phenoxy) is 1. The summed E-state index contributed by atoms with van der Waals surface area (Å²) in [7, 11) is 0. The van der Waals surface area contributed by atoms with Crippen LogP contribution < -0.4 is 5.32 Å². The first-order chi connectivity index (χ1) is 4.79. The molecule has 0 amide bonds. The highest BCUT2D eigenvalue weighted by molar-refractivity contribution is 5.80. The predicted octanol–water partition coefficient (Wildman–Crippen LogP) is -0.425. The molecule has 1 aliphatic heterocycles. The molecule has 2 N–H and O–H groups in total. The smallest absolute Gasteiger partial charge is 0.331 e. The van der Waals surface area contributed by atoms with Gasteiger partial charge in [0.05, 0.1) is 12.6 Å².